The van der Waals surface area contributed by atoms with E-state index in [9.17, 15) is 4.79 Å². The van der Waals surface area contributed by atoms with Gasteiger partial charge >= 0.3 is 0 Å². The Kier molecular flexibility index (Phi) is 2.94. The molecule has 1 aromatic heterocycles. The van der Waals surface area contributed by atoms with E-state index in [0.717, 1.165) is 22.0 Å². The second-order valence-electron chi connectivity index (χ2n) is 4.27. The van der Waals surface area contributed by atoms with Crippen LogP contribution >= 0.6 is 0 Å². The fourth-order valence-electron chi connectivity index (χ4n) is 2.18. The first-order valence-electron chi connectivity index (χ1n) is 6.08. The van der Waals surface area contributed by atoms with Crippen LogP contribution in [0.2, 0.25) is 0 Å². The van der Waals surface area contributed by atoms with Crippen LogP contribution < -0.4 is 10.1 Å². The molecule has 1 heterocycles. The third-order valence-electron chi connectivity index (χ3n) is 3.08. The largest absolute Gasteiger partial charge is 0.273 e. The zero-order valence-corrected chi connectivity index (χ0v) is 10.3. The minimum atomic E-state index is 0.682. The highest BCUT2D eigenvalue weighted by Gasteiger charge is 2.14. The molecule has 0 fully saturated rings. The van der Waals surface area contributed by atoms with E-state index in [1.165, 1.54) is 0 Å². The van der Waals surface area contributed by atoms with Crippen LogP contribution in [-0.4, -0.2) is 6.41 Å². The highest BCUT2D eigenvalue weighted by Crippen LogP contribution is 2.19. The molecule has 0 atom stereocenters. The zero-order chi connectivity index (χ0) is 13.1. The van der Waals surface area contributed by atoms with E-state index < -0.39 is 0 Å². The van der Waals surface area contributed by atoms with E-state index in [1.807, 2.05) is 54.7 Å². The van der Waals surface area contributed by atoms with Crippen molar-refractivity contribution < 1.29 is 9.47 Å². The summed E-state index contributed by atoms with van der Waals surface area (Å²) in [5.41, 5.74) is 4.71. The molecule has 0 radical (unpaired) electrons. The van der Waals surface area contributed by atoms with Crippen molar-refractivity contribution in [3.05, 3.63) is 66.9 Å². The molecule has 0 spiro atoms. The van der Waals surface area contributed by atoms with Crippen molar-refractivity contribution in [2.24, 2.45) is 0 Å². The van der Waals surface area contributed by atoms with Crippen molar-refractivity contribution in [1.29, 1.82) is 0 Å². The average Bonchev–Trinajstić information content (AvgIpc) is 2.48. The SMILES string of the molecule is O=CN[n+]1cc2ccccc2cc1-c1ccccc1. The smallest absolute Gasteiger partial charge is 0.262 e. The minimum Gasteiger partial charge on any atom is -0.273 e. The van der Waals surface area contributed by atoms with Crippen LogP contribution in [0.3, 0.4) is 0 Å². The Morgan fingerprint density at radius 1 is 0.895 bits per heavy atom. The molecule has 3 aromatic rings. The van der Waals surface area contributed by atoms with E-state index in [2.05, 4.69) is 17.6 Å². The van der Waals surface area contributed by atoms with Crippen molar-refractivity contribution in [2.45, 2.75) is 0 Å². The van der Waals surface area contributed by atoms with E-state index in [1.54, 1.807) is 4.68 Å². The van der Waals surface area contributed by atoms with Gasteiger partial charge in [0.1, 0.15) is 0 Å². The molecule has 3 rings (SSSR count). The lowest BCUT2D eigenvalue weighted by atomic mass is 10.1. The number of benzene rings is 2. The first kappa shape index (κ1) is 11.4. The summed E-state index contributed by atoms with van der Waals surface area (Å²) in [5.74, 6) is 0. The Labute approximate surface area is 111 Å². The predicted octanol–water partition coefficient (Wildman–Crippen LogP) is 2.49. The fraction of sp³-hybridized carbons (Fsp3) is 0. The van der Waals surface area contributed by atoms with Gasteiger partial charge < -0.3 is 0 Å². The number of fused-ring (bicyclic) bond motifs is 1. The predicted molar refractivity (Wildman–Crippen MR) is 75.0 cm³/mol. The van der Waals surface area contributed by atoms with Crippen LogP contribution in [0.5, 0.6) is 0 Å². The second kappa shape index (κ2) is 4.90. The monoisotopic (exact) mass is 249 g/mol. The van der Waals surface area contributed by atoms with Crippen molar-refractivity contribution in [2.75, 3.05) is 5.43 Å². The Balaban J connectivity index is 2.26. The van der Waals surface area contributed by atoms with Crippen LogP contribution in [0.25, 0.3) is 22.0 Å². The molecule has 0 unspecified atom stereocenters. The number of aromatic nitrogens is 1. The molecule has 3 heteroatoms. The minimum absolute atomic E-state index is 0.682. The van der Waals surface area contributed by atoms with Gasteiger partial charge in [0.25, 0.3) is 6.41 Å². The quantitative estimate of drug-likeness (QED) is 0.561. The molecule has 0 bridgehead atoms. The lowest BCUT2D eigenvalue weighted by Crippen LogP contribution is -2.46. The summed E-state index contributed by atoms with van der Waals surface area (Å²) in [6.07, 6.45) is 2.60. The van der Waals surface area contributed by atoms with Gasteiger partial charge in [-0.05, 0) is 23.6 Å². The standard InChI is InChI=1S/C16H12N2O/c19-12-17-18-11-15-9-5-4-8-14(15)10-16(18)13-6-2-1-3-7-13/h1-12H/p+1. The van der Waals surface area contributed by atoms with Crippen molar-refractivity contribution >= 4 is 17.2 Å². The topological polar surface area (TPSA) is 33.0 Å². The molecule has 92 valence electrons. The van der Waals surface area contributed by atoms with Crippen LogP contribution in [-0.2, 0) is 4.79 Å². The van der Waals surface area contributed by atoms with E-state index in [0.29, 0.717) is 6.41 Å². The van der Waals surface area contributed by atoms with Crippen LogP contribution in [0.15, 0.2) is 66.9 Å². The number of carbonyl (C=O) groups excluding carboxylic acids is 1. The van der Waals surface area contributed by atoms with Gasteiger partial charge in [-0.2, -0.15) is 0 Å². The highest BCUT2D eigenvalue weighted by atomic mass is 16.1. The number of carbonyl (C=O) groups is 1. The zero-order valence-electron chi connectivity index (χ0n) is 10.3. The molecular formula is C16H13N2O+. The number of nitrogens with one attached hydrogen (secondary N) is 1. The molecule has 0 aliphatic rings. The number of amides is 1. The van der Waals surface area contributed by atoms with Gasteiger partial charge in [0.05, 0.1) is 0 Å². The average molecular weight is 249 g/mol. The van der Waals surface area contributed by atoms with Gasteiger partial charge in [0.2, 0.25) is 11.9 Å². The molecule has 19 heavy (non-hydrogen) atoms. The van der Waals surface area contributed by atoms with E-state index in [-0.39, 0.29) is 0 Å². The molecule has 3 nitrogen and oxygen atoms in total. The van der Waals surface area contributed by atoms with Gasteiger partial charge in [-0.1, -0.05) is 41.1 Å². The number of pyridine rings is 1. The maximum absolute atomic E-state index is 10.8. The van der Waals surface area contributed by atoms with Gasteiger partial charge in [-0.3, -0.25) is 4.79 Å². The van der Waals surface area contributed by atoms with Gasteiger partial charge in [-0.15, -0.1) is 5.43 Å². The summed E-state index contributed by atoms with van der Waals surface area (Å²) in [6, 6.07) is 20.1. The lowest BCUT2D eigenvalue weighted by Gasteiger charge is -2.03. The van der Waals surface area contributed by atoms with Gasteiger partial charge in [0, 0.05) is 17.0 Å². The summed E-state index contributed by atoms with van der Waals surface area (Å²) >= 11 is 0. The summed E-state index contributed by atoms with van der Waals surface area (Å²) in [7, 11) is 0. The second-order valence-corrected chi connectivity index (χ2v) is 4.27. The molecule has 0 aliphatic heterocycles. The van der Waals surface area contributed by atoms with E-state index in [4.69, 9.17) is 0 Å². The van der Waals surface area contributed by atoms with Crippen molar-refractivity contribution in [3.63, 3.8) is 0 Å². The van der Waals surface area contributed by atoms with E-state index >= 15 is 0 Å². The van der Waals surface area contributed by atoms with Gasteiger partial charge in [-0.25, -0.2) is 0 Å². The van der Waals surface area contributed by atoms with Gasteiger partial charge in [0.15, 0.2) is 0 Å². The number of rotatable bonds is 3. The molecule has 2 aromatic carbocycles. The Bertz CT molecular complexity index is 723. The maximum atomic E-state index is 10.8. The first-order chi connectivity index (χ1) is 9.38. The maximum Gasteiger partial charge on any atom is 0.262 e. The van der Waals surface area contributed by atoms with Crippen LogP contribution in [0, 0.1) is 0 Å². The normalized spacial score (nSPS) is 10.3. The lowest BCUT2D eigenvalue weighted by molar-refractivity contribution is -0.628. The molecule has 1 amide bonds. The molecule has 1 N–H and O–H groups in total. The Morgan fingerprint density at radius 3 is 2.32 bits per heavy atom. The van der Waals surface area contributed by atoms with Crippen LogP contribution in [0.4, 0.5) is 0 Å². The summed E-state index contributed by atoms with van der Waals surface area (Å²) < 4.78 is 1.74. The Morgan fingerprint density at radius 2 is 1.58 bits per heavy atom. The van der Waals surface area contributed by atoms with Crippen LogP contribution in [0.1, 0.15) is 0 Å². The van der Waals surface area contributed by atoms with Crippen molar-refractivity contribution in [1.82, 2.24) is 0 Å². The summed E-state index contributed by atoms with van der Waals surface area (Å²) in [4.78, 5) is 10.8. The molecular weight excluding hydrogens is 236 g/mol. The third kappa shape index (κ3) is 2.18. The third-order valence-corrected chi connectivity index (χ3v) is 3.08. The Hall–Kier alpha value is -2.68. The fourth-order valence-corrected chi connectivity index (χ4v) is 2.18. The summed E-state index contributed by atoms with van der Waals surface area (Å²) in [6.45, 7) is 0. The number of hydrogen-bond donors (Lipinski definition) is 1. The molecule has 0 saturated heterocycles. The molecule has 0 saturated carbocycles. The van der Waals surface area contributed by atoms with Crippen molar-refractivity contribution in [3.8, 4) is 11.3 Å². The molecule has 0 aliphatic carbocycles. The summed E-state index contributed by atoms with van der Waals surface area (Å²) in [5, 5.41) is 2.22. The first-order valence-corrected chi connectivity index (χ1v) is 6.08. The number of hydrogen-bond acceptors (Lipinski definition) is 1. The number of nitrogens with zero attached hydrogens (tertiary/aromatic N) is 1. The highest BCUT2D eigenvalue weighted by molar-refractivity contribution is 5.83.